The molecule has 2 aromatic carbocycles. The van der Waals surface area contributed by atoms with Crippen molar-refractivity contribution < 1.29 is 14.3 Å². The summed E-state index contributed by atoms with van der Waals surface area (Å²) in [6, 6.07) is 18.4. The normalized spacial score (nSPS) is 24.0. The molecule has 0 aliphatic heterocycles. The summed E-state index contributed by atoms with van der Waals surface area (Å²) >= 11 is 0. The van der Waals surface area contributed by atoms with Gasteiger partial charge in [0.05, 0.1) is 7.11 Å². The number of esters is 1. The van der Waals surface area contributed by atoms with Crippen molar-refractivity contribution in [2.45, 2.75) is 51.0 Å². The number of benzene rings is 2. The van der Waals surface area contributed by atoms with Crippen LogP contribution >= 0.6 is 0 Å². The Morgan fingerprint density at radius 2 is 1.69 bits per heavy atom. The van der Waals surface area contributed by atoms with Crippen LogP contribution in [0.15, 0.2) is 66.7 Å². The predicted octanol–water partition coefficient (Wildman–Crippen LogP) is 5.79. The lowest BCUT2D eigenvalue weighted by Crippen LogP contribution is -2.43. The number of amides is 1. The van der Waals surface area contributed by atoms with Gasteiger partial charge in [-0.1, -0.05) is 54.6 Å². The van der Waals surface area contributed by atoms with Gasteiger partial charge in [0.2, 0.25) is 0 Å². The van der Waals surface area contributed by atoms with Gasteiger partial charge in [-0.05, 0) is 79.5 Å². The smallest absolute Gasteiger partial charge is 0.305 e. The standard InChI is InChI=1S/C28H33NO3/c1-32-26(30)12-8-3-2-7-11-25-23-17-18-24(19-23)27(25)29-28(31)22-15-13-21(14-16-22)20-9-5-4-6-10-20/h2,4-7,9-10,13-16,23-25,27H,3,8,11-12,17-19H2,1H3,(H,29,31)/b7-2-/t23-,24+,25-,27?/m1/s1. The molecule has 1 N–H and O–H groups in total. The number of nitrogens with one attached hydrogen (secondary N) is 1. The molecule has 1 amide bonds. The SMILES string of the molecule is COC(=O)CCC/C=C\C[C@H]1C(NC(=O)c2ccc(-c3ccccc3)cc2)[C@H]2CC[C@@H]1C2. The lowest BCUT2D eigenvalue weighted by atomic mass is 9.82. The predicted molar refractivity (Wildman–Crippen MR) is 127 cm³/mol. The molecule has 0 heterocycles. The Balaban J connectivity index is 1.32. The molecule has 2 aliphatic carbocycles. The lowest BCUT2D eigenvalue weighted by molar-refractivity contribution is -0.140. The highest BCUT2D eigenvalue weighted by Gasteiger charge is 2.47. The molecule has 0 aromatic heterocycles. The molecule has 0 spiro atoms. The number of ether oxygens (including phenoxy) is 1. The third-order valence-corrected chi connectivity index (χ3v) is 7.19. The molecular formula is C28H33NO3. The number of carbonyl (C=O) groups excluding carboxylic acids is 2. The van der Waals surface area contributed by atoms with Gasteiger partial charge in [-0.3, -0.25) is 9.59 Å². The van der Waals surface area contributed by atoms with Gasteiger partial charge in [-0.25, -0.2) is 0 Å². The van der Waals surface area contributed by atoms with E-state index in [0.29, 0.717) is 24.2 Å². The van der Waals surface area contributed by atoms with E-state index in [1.165, 1.54) is 26.4 Å². The molecule has 4 rings (SSSR count). The van der Waals surface area contributed by atoms with Crippen LogP contribution in [0.25, 0.3) is 11.1 Å². The fourth-order valence-electron chi connectivity index (χ4n) is 5.49. The molecule has 2 bridgehead atoms. The van der Waals surface area contributed by atoms with Crippen molar-refractivity contribution in [3.05, 3.63) is 72.3 Å². The maximum absolute atomic E-state index is 13.0. The summed E-state index contributed by atoms with van der Waals surface area (Å²) in [6.45, 7) is 0. The summed E-state index contributed by atoms with van der Waals surface area (Å²) < 4.78 is 4.68. The molecular weight excluding hydrogens is 398 g/mol. The van der Waals surface area contributed by atoms with Crippen molar-refractivity contribution >= 4 is 11.9 Å². The van der Waals surface area contributed by atoms with Crippen LogP contribution in [0.2, 0.25) is 0 Å². The van der Waals surface area contributed by atoms with Crippen molar-refractivity contribution in [2.24, 2.45) is 17.8 Å². The van der Waals surface area contributed by atoms with Crippen molar-refractivity contribution in [1.29, 1.82) is 0 Å². The second kappa shape index (κ2) is 10.6. The largest absolute Gasteiger partial charge is 0.469 e. The zero-order valence-corrected chi connectivity index (χ0v) is 18.8. The van der Waals surface area contributed by atoms with Crippen LogP contribution in [0.1, 0.15) is 55.3 Å². The first-order valence-corrected chi connectivity index (χ1v) is 11.8. The van der Waals surface area contributed by atoms with Crippen LogP contribution in [-0.2, 0) is 9.53 Å². The zero-order chi connectivity index (χ0) is 22.3. The Kier molecular flexibility index (Phi) is 7.41. The molecule has 1 unspecified atom stereocenters. The Morgan fingerprint density at radius 3 is 2.44 bits per heavy atom. The monoisotopic (exact) mass is 431 g/mol. The van der Waals surface area contributed by atoms with E-state index in [9.17, 15) is 9.59 Å². The highest BCUT2D eigenvalue weighted by Crippen LogP contribution is 2.50. The molecule has 0 radical (unpaired) electrons. The maximum Gasteiger partial charge on any atom is 0.305 e. The molecule has 2 aromatic rings. The minimum absolute atomic E-state index is 0.0363. The van der Waals surface area contributed by atoms with Crippen LogP contribution in [0, 0.1) is 17.8 Å². The summed E-state index contributed by atoms with van der Waals surface area (Å²) in [5.41, 5.74) is 3.01. The average Bonchev–Trinajstić information content (AvgIpc) is 3.44. The van der Waals surface area contributed by atoms with Crippen LogP contribution in [0.3, 0.4) is 0 Å². The molecule has 4 atom stereocenters. The summed E-state index contributed by atoms with van der Waals surface area (Å²) in [7, 11) is 1.43. The van der Waals surface area contributed by atoms with Crippen molar-refractivity contribution in [1.82, 2.24) is 5.32 Å². The summed E-state index contributed by atoms with van der Waals surface area (Å²) in [5.74, 6) is 1.72. The number of hydrogen-bond acceptors (Lipinski definition) is 3. The van der Waals surface area contributed by atoms with Gasteiger partial charge in [0.25, 0.3) is 5.91 Å². The number of hydrogen-bond donors (Lipinski definition) is 1. The Bertz CT molecular complexity index is 935. The molecule has 32 heavy (non-hydrogen) atoms. The lowest BCUT2D eigenvalue weighted by Gasteiger charge is -2.31. The Hall–Kier alpha value is -2.88. The van der Waals surface area contributed by atoms with E-state index in [-0.39, 0.29) is 17.9 Å². The third kappa shape index (κ3) is 5.29. The number of methoxy groups -OCH3 is 1. The van der Waals surface area contributed by atoms with Crippen LogP contribution in [0.5, 0.6) is 0 Å². The molecule has 0 saturated heterocycles. The van der Waals surface area contributed by atoms with Gasteiger partial charge in [-0.2, -0.15) is 0 Å². The van der Waals surface area contributed by atoms with E-state index < -0.39 is 0 Å². The Labute approximate surface area is 191 Å². The molecule has 2 aliphatic rings. The van der Waals surface area contributed by atoms with Crippen LogP contribution < -0.4 is 5.32 Å². The summed E-state index contributed by atoms with van der Waals surface area (Å²) in [5, 5.41) is 3.38. The fourth-order valence-corrected chi connectivity index (χ4v) is 5.49. The number of allylic oxidation sites excluding steroid dienone is 2. The van der Waals surface area contributed by atoms with Gasteiger partial charge in [0.15, 0.2) is 0 Å². The molecule has 2 fully saturated rings. The van der Waals surface area contributed by atoms with Gasteiger partial charge >= 0.3 is 5.97 Å². The number of unbranched alkanes of at least 4 members (excludes halogenated alkanes) is 1. The second-order valence-corrected chi connectivity index (χ2v) is 9.12. The van der Waals surface area contributed by atoms with Crippen LogP contribution in [-0.4, -0.2) is 25.0 Å². The Morgan fingerprint density at radius 1 is 0.969 bits per heavy atom. The van der Waals surface area contributed by atoms with E-state index in [1.54, 1.807) is 0 Å². The molecule has 4 heteroatoms. The van der Waals surface area contributed by atoms with E-state index in [2.05, 4.69) is 34.3 Å². The van der Waals surface area contributed by atoms with Crippen molar-refractivity contribution in [3.8, 4) is 11.1 Å². The van der Waals surface area contributed by atoms with Gasteiger partial charge in [-0.15, -0.1) is 0 Å². The van der Waals surface area contributed by atoms with Crippen LogP contribution in [0.4, 0.5) is 0 Å². The fraction of sp³-hybridized carbons (Fsp3) is 0.429. The summed E-state index contributed by atoms with van der Waals surface area (Å²) in [4.78, 5) is 24.2. The minimum Gasteiger partial charge on any atom is -0.469 e. The highest BCUT2D eigenvalue weighted by atomic mass is 16.5. The average molecular weight is 432 g/mol. The molecule has 168 valence electrons. The second-order valence-electron chi connectivity index (χ2n) is 9.12. The van der Waals surface area contributed by atoms with E-state index in [0.717, 1.165) is 36.0 Å². The topological polar surface area (TPSA) is 55.4 Å². The zero-order valence-electron chi connectivity index (χ0n) is 18.8. The highest BCUT2D eigenvalue weighted by molar-refractivity contribution is 5.95. The number of fused-ring (bicyclic) bond motifs is 2. The third-order valence-electron chi connectivity index (χ3n) is 7.19. The van der Waals surface area contributed by atoms with Crippen molar-refractivity contribution in [3.63, 3.8) is 0 Å². The molecule has 4 nitrogen and oxygen atoms in total. The molecule has 2 saturated carbocycles. The number of rotatable bonds is 9. The van der Waals surface area contributed by atoms with E-state index >= 15 is 0 Å². The van der Waals surface area contributed by atoms with E-state index in [4.69, 9.17) is 0 Å². The van der Waals surface area contributed by atoms with Gasteiger partial charge < -0.3 is 10.1 Å². The van der Waals surface area contributed by atoms with Crippen molar-refractivity contribution in [2.75, 3.05) is 7.11 Å². The summed E-state index contributed by atoms with van der Waals surface area (Å²) in [6.07, 6.45) is 11.3. The minimum atomic E-state index is -0.147. The number of carbonyl (C=O) groups is 2. The van der Waals surface area contributed by atoms with E-state index in [1.807, 2.05) is 42.5 Å². The first-order valence-electron chi connectivity index (χ1n) is 11.8. The van der Waals surface area contributed by atoms with Gasteiger partial charge in [0, 0.05) is 18.0 Å². The first kappa shape index (κ1) is 22.3. The maximum atomic E-state index is 13.0. The first-order chi connectivity index (χ1) is 15.7. The quantitative estimate of drug-likeness (QED) is 0.311. The van der Waals surface area contributed by atoms with Gasteiger partial charge in [0.1, 0.15) is 0 Å².